The minimum atomic E-state index is -0.163. The molecule has 0 unspecified atom stereocenters. The summed E-state index contributed by atoms with van der Waals surface area (Å²) in [5.41, 5.74) is 2.98. The summed E-state index contributed by atoms with van der Waals surface area (Å²) in [5.74, 6) is 1.37. The minimum Gasteiger partial charge on any atom is -0.350 e. The normalized spacial score (nSPS) is 10.4. The zero-order valence-electron chi connectivity index (χ0n) is 13.6. The first-order chi connectivity index (χ1) is 12.3. The average molecular weight is 347 g/mol. The predicted molar refractivity (Wildman–Crippen MR) is 101 cm³/mol. The van der Waals surface area contributed by atoms with E-state index in [9.17, 15) is 4.79 Å². The van der Waals surface area contributed by atoms with Crippen LogP contribution in [0.25, 0.3) is 10.9 Å². The third-order valence-electron chi connectivity index (χ3n) is 3.76. The number of hydrogen-bond acceptors (Lipinski definition) is 4. The summed E-state index contributed by atoms with van der Waals surface area (Å²) in [7, 11) is 0. The van der Waals surface area contributed by atoms with Crippen LogP contribution in [0.5, 0.6) is 0 Å². The van der Waals surface area contributed by atoms with E-state index in [4.69, 9.17) is 5.26 Å². The number of fused-ring (bicyclic) bond motifs is 1. The van der Waals surface area contributed by atoms with Gasteiger partial charge in [-0.2, -0.15) is 17.0 Å². The van der Waals surface area contributed by atoms with Crippen molar-refractivity contribution in [2.45, 2.75) is 5.75 Å². The van der Waals surface area contributed by atoms with E-state index in [-0.39, 0.29) is 5.91 Å². The van der Waals surface area contributed by atoms with Crippen molar-refractivity contribution in [3.8, 4) is 6.07 Å². The summed E-state index contributed by atoms with van der Waals surface area (Å²) in [6, 6.07) is 21.2. The first-order valence-electron chi connectivity index (χ1n) is 7.97. The summed E-state index contributed by atoms with van der Waals surface area (Å²) in [5, 5.41) is 13.0. The number of nitrogens with one attached hydrogen (secondary N) is 1. The Morgan fingerprint density at radius 1 is 1.08 bits per heavy atom. The molecular formula is C20H17N3OS. The van der Waals surface area contributed by atoms with Gasteiger partial charge in [0.2, 0.25) is 0 Å². The second-order valence-electron chi connectivity index (χ2n) is 5.47. The van der Waals surface area contributed by atoms with Crippen molar-refractivity contribution in [1.29, 1.82) is 5.26 Å². The van der Waals surface area contributed by atoms with Crippen LogP contribution in [0.4, 0.5) is 0 Å². The van der Waals surface area contributed by atoms with Gasteiger partial charge >= 0.3 is 0 Å². The molecule has 5 heteroatoms. The summed E-state index contributed by atoms with van der Waals surface area (Å²) in [6.07, 6.45) is 0. The van der Waals surface area contributed by atoms with E-state index in [1.807, 2.05) is 54.6 Å². The highest BCUT2D eigenvalue weighted by molar-refractivity contribution is 7.98. The number of carbonyl (C=O) groups is 1. The molecule has 3 rings (SSSR count). The van der Waals surface area contributed by atoms with Crippen molar-refractivity contribution in [1.82, 2.24) is 10.3 Å². The van der Waals surface area contributed by atoms with Gasteiger partial charge in [0, 0.05) is 23.4 Å². The molecule has 124 valence electrons. The molecule has 0 aliphatic heterocycles. The SMILES string of the molecule is N#Cc1ccccc1CSCCNC(=O)c1ccc2ccccc2n1. The van der Waals surface area contributed by atoms with Crippen molar-refractivity contribution in [2.24, 2.45) is 0 Å². The van der Waals surface area contributed by atoms with Crippen LogP contribution in [0.2, 0.25) is 0 Å². The molecule has 1 N–H and O–H groups in total. The second-order valence-corrected chi connectivity index (χ2v) is 6.57. The number of amides is 1. The molecule has 0 saturated heterocycles. The molecule has 0 spiro atoms. The van der Waals surface area contributed by atoms with E-state index in [0.29, 0.717) is 17.8 Å². The average Bonchev–Trinajstić information content (AvgIpc) is 2.67. The number of hydrogen-bond donors (Lipinski definition) is 1. The lowest BCUT2D eigenvalue weighted by molar-refractivity contribution is 0.0951. The molecule has 0 aliphatic rings. The third kappa shape index (κ3) is 4.37. The Morgan fingerprint density at radius 2 is 1.88 bits per heavy atom. The highest BCUT2D eigenvalue weighted by Gasteiger charge is 2.07. The summed E-state index contributed by atoms with van der Waals surface area (Å²) >= 11 is 1.69. The molecule has 0 aliphatic carbocycles. The van der Waals surface area contributed by atoms with Gasteiger partial charge in [0.25, 0.3) is 5.91 Å². The van der Waals surface area contributed by atoms with E-state index in [1.54, 1.807) is 17.8 Å². The predicted octanol–water partition coefficient (Wildman–Crippen LogP) is 3.77. The lowest BCUT2D eigenvalue weighted by Gasteiger charge is -2.06. The topological polar surface area (TPSA) is 65.8 Å². The van der Waals surface area contributed by atoms with Gasteiger partial charge in [-0.15, -0.1) is 0 Å². The standard InChI is InChI=1S/C20H17N3OS/c21-13-16-6-1-2-7-17(16)14-25-12-11-22-20(24)19-10-9-15-5-3-4-8-18(15)23-19/h1-10H,11-12,14H2,(H,22,24). The number of nitrogens with zero attached hydrogens (tertiary/aromatic N) is 2. The molecule has 1 aromatic heterocycles. The molecule has 0 atom stereocenters. The van der Waals surface area contributed by atoms with Crippen LogP contribution in [0.3, 0.4) is 0 Å². The number of nitriles is 1. The Balaban J connectivity index is 1.48. The molecular weight excluding hydrogens is 330 g/mol. The van der Waals surface area contributed by atoms with Gasteiger partial charge < -0.3 is 5.32 Å². The van der Waals surface area contributed by atoms with Crippen LogP contribution in [0.1, 0.15) is 21.6 Å². The van der Waals surface area contributed by atoms with Gasteiger partial charge in [0.15, 0.2) is 0 Å². The van der Waals surface area contributed by atoms with Gasteiger partial charge in [-0.05, 0) is 23.8 Å². The Labute approximate surface area is 150 Å². The van der Waals surface area contributed by atoms with Crippen LogP contribution < -0.4 is 5.32 Å². The molecule has 1 heterocycles. The maximum absolute atomic E-state index is 12.2. The third-order valence-corrected chi connectivity index (χ3v) is 4.77. The largest absolute Gasteiger partial charge is 0.350 e. The summed E-state index contributed by atoms with van der Waals surface area (Å²) in [4.78, 5) is 16.6. The molecule has 3 aromatic rings. The molecule has 0 bridgehead atoms. The Bertz CT molecular complexity index is 933. The van der Waals surface area contributed by atoms with Crippen LogP contribution in [-0.4, -0.2) is 23.2 Å². The molecule has 0 saturated carbocycles. The van der Waals surface area contributed by atoms with Crippen molar-refractivity contribution in [3.05, 3.63) is 77.5 Å². The fourth-order valence-corrected chi connectivity index (χ4v) is 3.32. The first-order valence-corrected chi connectivity index (χ1v) is 9.13. The molecule has 25 heavy (non-hydrogen) atoms. The lowest BCUT2D eigenvalue weighted by Crippen LogP contribution is -2.26. The number of thioether (sulfide) groups is 1. The molecule has 0 fully saturated rings. The molecule has 0 radical (unpaired) electrons. The van der Waals surface area contributed by atoms with Gasteiger partial charge in [-0.1, -0.05) is 42.5 Å². The van der Waals surface area contributed by atoms with E-state index >= 15 is 0 Å². The number of carbonyl (C=O) groups excluding carboxylic acids is 1. The summed E-state index contributed by atoms with van der Waals surface area (Å²) < 4.78 is 0. The van der Waals surface area contributed by atoms with Crippen molar-refractivity contribution in [2.75, 3.05) is 12.3 Å². The number of rotatable bonds is 6. The number of para-hydroxylation sites is 1. The molecule has 4 nitrogen and oxygen atoms in total. The highest BCUT2D eigenvalue weighted by Crippen LogP contribution is 2.15. The lowest BCUT2D eigenvalue weighted by atomic mass is 10.1. The zero-order chi connectivity index (χ0) is 17.5. The fraction of sp³-hybridized carbons (Fsp3) is 0.150. The maximum Gasteiger partial charge on any atom is 0.269 e. The smallest absolute Gasteiger partial charge is 0.269 e. The van der Waals surface area contributed by atoms with Crippen LogP contribution in [-0.2, 0) is 5.75 Å². The highest BCUT2D eigenvalue weighted by atomic mass is 32.2. The van der Waals surface area contributed by atoms with Crippen LogP contribution in [0.15, 0.2) is 60.7 Å². The van der Waals surface area contributed by atoms with Gasteiger partial charge in [-0.25, -0.2) is 4.98 Å². The van der Waals surface area contributed by atoms with Crippen LogP contribution in [0, 0.1) is 11.3 Å². The van der Waals surface area contributed by atoms with E-state index in [0.717, 1.165) is 28.0 Å². The number of benzene rings is 2. The van der Waals surface area contributed by atoms with Crippen LogP contribution >= 0.6 is 11.8 Å². The van der Waals surface area contributed by atoms with E-state index in [2.05, 4.69) is 16.4 Å². The minimum absolute atomic E-state index is 0.163. The Hall–Kier alpha value is -2.84. The second kappa shape index (κ2) is 8.32. The molecule has 1 amide bonds. The summed E-state index contributed by atoms with van der Waals surface area (Å²) in [6.45, 7) is 0.562. The van der Waals surface area contributed by atoms with E-state index in [1.165, 1.54) is 0 Å². The first kappa shape index (κ1) is 17.0. The van der Waals surface area contributed by atoms with Gasteiger partial charge in [0.1, 0.15) is 5.69 Å². The quantitative estimate of drug-likeness (QED) is 0.689. The van der Waals surface area contributed by atoms with Gasteiger partial charge in [0.05, 0.1) is 17.1 Å². The zero-order valence-corrected chi connectivity index (χ0v) is 14.4. The fourth-order valence-electron chi connectivity index (χ4n) is 2.46. The van der Waals surface area contributed by atoms with Gasteiger partial charge in [-0.3, -0.25) is 4.79 Å². The monoisotopic (exact) mass is 347 g/mol. The van der Waals surface area contributed by atoms with Crippen molar-refractivity contribution < 1.29 is 4.79 Å². The molecule has 2 aromatic carbocycles. The number of pyridine rings is 1. The Kier molecular flexibility index (Phi) is 5.65. The number of aromatic nitrogens is 1. The maximum atomic E-state index is 12.2. The van der Waals surface area contributed by atoms with Crippen molar-refractivity contribution in [3.63, 3.8) is 0 Å². The van der Waals surface area contributed by atoms with E-state index < -0.39 is 0 Å². The Morgan fingerprint density at radius 3 is 2.76 bits per heavy atom. The van der Waals surface area contributed by atoms with Crippen molar-refractivity contribution >= 4 is 28.6 Å².